The lowest BCUT2D eigenvalue weighted by Gasteiger charge is -2.14. The molecule has 0 radical (unpaired) electrons. The molecule has 0 spiro atoms. The van der Waals surface area contributed by atoms with Crippen LogP contribution in [0.1, 0.15) is 30.5 Å². The van der Waals surface area contributed by atoms with Crippen LogP contribution in [0.5, 0.6) is 0 Å². The minimum absolute atomic E-state index is 0.107. The molecule has 2 rings (SSSR count). The van der Waals surface area contributed by atoms with Gasteiger partial charge in [0.2, 0.25) is 0 Å². The van der Waals surface area contributed by atoms with Crippen molar-refractivity contribution in [3.8, 4) is 0 Å². The van der Waals surface area contributed by atoms with E-state index in [1.807, 2.05) is 6.92 Å². The van der Waals surface area contributed by atoms with E-state index in [1.54, 1.807) is 7.05 Å². The summed E-state index contributed by atoms with van der Waals surface area (Å²) in [6, 6.07) is 0. The van der Waals surface area contributed by atoms with Gasteiger partial charge in [-0.1, -0.05) is 0 Å². The van der Waals surface area contributed by atoms with Crippen LogP contribution in [0, 0.1) is 6.92 Å². The van der Waals surface area contributed by atoms with E-state index in [9.17, 15) is 8.42 Å². The Morgan fingerprint density at radius 1 is 1.33 bits per heavy atom. The summed E-state index contributed by atoms with van der Waals surface area (Å²) in [5, 5.41) is 9.76. The van der Waals surface area contributed by atoms with Crippen LogP contribution in [-0.4, -0.2) is 56.7 Å². The van der Waals surface area contributed by atoms with Crippen LogP contribution in [-0.2, 0) is 16.6 Å². The van der Waals surface area contributed by atoms with Crippen molar-refractivity contribution in [1.82, 2.24) is 25.1 Å². The molecule has 0 bridgehead atoms. The second kappa shape index (κ2) is 7.35. The molecule has 1 aliphatic rings. The number of nitrogens with zero attached hydrogens (tertiary/aromatic N) is 2. The first-order valence-electron chi connectivity index (χ1n) is 7.45. The van der Waals surface area contributed by atoms with Gasteiger partial charge in [-0.3, -0.25) is 5.10 Å². The third-order valence-corrected chi connectivity index (χ3v) is 5.22. The zero-order valence-corrected chi connectivity index (χ0v) is 13.6. The summed E-state index contributed by atoms with van der Waals surface area (Å²) in [5.41, 5.74) is 1.48. The average molecular weight is 315 g/mol. The average Bonchev–Trinajstić information content (AvgIpc) is 3.07. The topological polar surface area (TPSA) is 90.1 Å². The van der Waals surface area contributed by atoms with Gasteiger partial charge in [-0.05, 0) is 52.9 Å². The first-order chi connectivity index (χ1) is 10.0. The Morgan fingerprint density at radius 2 is 2.05 bits per heavy atom. The molecule has 0 atom stereocenters. The van der Waals surface area contributed by atoms with Gasteiger partial charge in [0.25, 0.3) is 10.0 Å². The number of aryl methyl sites for hydroxylation is 1. The molecule has 0 amide bonds. The molecule has 1 saturated heterocycles. The molecule has 21 heavy (non-hydrogen) atoms. The van der Waals surface area contributed by atoms with Gasteiger partial charge in [0, 0.05) is 24.3 Å². The van der Waals surface area contributed by atoms with Gasteiger partial charge in [-0.2, -0.15) is 5.10 Å². The monoisotopic (exact) mass is 315 g/mol. The van der Waals surface area contributed by atoms with E-state index in [0.29, 0.717) is 18.7 Å². The molecule has 2 heterocycles. The summed E-state index contributed by atoms with van der Waals surface area (Å²) < 4.78 is 27.3. The zero-order valence-electron chi connectivity index (χ0n) is 12.8. The fourth-order valence-corrected chi connectivity index (χ4v) is 3.89. The largest absolute Gasteiger partial charge is 0.316 e. The Kier molecular flexibility index (Phi) is 5.74. The lowest BCUT2D eigenvalue weighted by Crippen LogP contribution is -2.29. The van der Waals surface area contributed by atoms with Crippen molar-refractivity contribution in [3.63, 3.8) is 0 Å². The Bertz CT molecular complexity index is 549. The summed E-state index contributed by atoms with van der Waals surface area (Å²) in [4.78, 5) is 2.37. The number of nitrogens with one attached hydrogen (secondary N) is 3. The molecule has 0 unspecified atom stereocenters. The van der Waals surface area contributed by atoms with Gasteiger partial charge in [0.15, 0.2) is 5.03 Å². The highest BCUT2D eigenvalue weighted by molar-refractivity contribution is 7.89. The van der Waals surface area contributed by atoms with Gasteiger partial charge in [0.05, 0.1) is 0 Å². The van der Waals surface area contributed by atoms with Gasteiger partial charge >= 0.3 is 0 Å². The Morgan fingerprint density at radius 3 is 2.71 bits per heavy atom. The van der Waals surface area contributed by atoms with Crippen molar-refractivity contribution in [2.45, 2.75) is 37.8 Å². The molecule has 3 N–H and O–H groups in total. The molecule has 8 heteroatoms. The number of hydrogen-bond donors (Lipinski definition) is 3. The molecule has 7 nitrogen and oxygen atoms in total. The van der Waals surface area contributed by atoms with Gasteiger partial charge < -0.3 is 10.2 Å². The predicted molar refractivity (Wildman–Crippen MR) is 81.6 cm³/mol. The lowest BCUT2D eigenvalue weighted by molar-refractivity contribution is 0.334. The van der Waals surface area contributed by atoms with Crippen molar-refractivity contribution in [1.29, 1.82) is 0 Å². The van der Waals surface area contributed by atoms with Crippen molar-refractivity contribution >= 4 is 10.0 Å². The number of hydrogen-bond acceptors (Lipinski definition) is 5. The first kappa shape index (κ1) is 16.4. The summed E-state index contributed by atoms with van der Waals surface area (Å²) in [5.74, 6) is 0. The molecule has 1 aromatic heterocycles. The number of likely N-dealkylation sites (tertiary alicyclic amines) is 1. The summed E-state index contributed by atoms with van der Waals surface area (Å²) >= 11 is 0. The van der Waals surface area contributed by atoms with E-state index in [2.05, 4.69) is 25.1 Å². The van der Waals surface area contributed by atoms with E-state index in [-0.39, 0.29) is 5.03 Å². The Hall–Kier alpha value is -0.960. The summed E-state index contributed by atoms with van der Waals surface area (Å²) in [7, 11) is -1.75. The number of rotatable bonds is 8. The number of aromatic nitrogens is 2. The second-order valence-corrected chi connectivity index (χ2v) is 7.14. The molecular weight excluding hydrogens is 290 g/mol. The quantitative estimate of drug-likeness (QED) is 0.596. The van der Waals surface area contributed by atoms with Crippen LogP contribution in [0.3, 0.4) is 0 Å². The number of aromatic amines is 1. The van der Waals surface area contributed by atoms with E-state index in [0.717, 1.165) is 31.7 Å². The zero-order chi connectivity index (χ0) is 15.3. The number of sulfonamides is 1. The normalized spacial score (nSPS) is 16.7. The van der Waals surface area contributed by atoms with Crippen LogP contribution in [0.4, 0.5) is 0 Å². The van der Waals surface area contributed by atoms with Crippen molar-refractivity contribution in [2.24, 2.45) is 0 Å². The maximum atomic E-state index is 12.3. The van der Waals surface area contributed by atoms with Crippen LogP contribution < -0.4 is 10.0 Å². The predicted octanol–water partition coefficient (Wildman–Crippen LogP) is 0.202. The Labute approximate surface area is 126 Å². The van der Waals surface area contributed by atoms with Crippen LogP contribution in [0.15, 0.2) is 5.03 Å². The fourth-order valence-electron chi connectivity index (χ4n) is 2.62. The maximum absolute atomic E-state index is 12.3. The third kappa shape index (κ3) is 4.26. The second-order valence-electron chi connectivity index (χ2n) is 5.46. The van der Waals surface area contributed by atoms with Gasteiger partial charge in [0.1, 0.15) is 0 Å². The smallest absolute Gasteiger partial charge is 0.260 e. The van der Waals surface area contributed by atoms with E-state index in [4.69, 9.17) is 0 Å². The van der Waals surface area contributed by atoms with E-state index >= 15 is 0 Å². The van der Waals surface area contributed by atoms with Crippen molar-refractivity contribution < 1.29 is 8.42 Å². The minimum atomic E-state index is -3.54. The molecule has 1 aromatic rings. The van der Waals surface area contributed by atoms with Gasteiger partial charge in [-0.25, -0.2) is 13.1 Å². The van der Waals surface area contributed by atoms with Crippen LogP contribution in [0.2, 0.25) is 0 Å². The highest BCUT2D eigenvalue weighted by atomic mass is 32.2. The highest BCUT2D eigenvalue weighted by Crippen LogP contribution is 2.15. The molecule has 1 fully saturated rings. The fraction of sp³-hybridized carbons (Fsp3) is 0.769. The Balaban J connectivity index is 1.89. The van der Waals surface area contributed by atoms with Crippen LogP contribution >= 0.6 is 0 Å². The number of H-pyrrole nitrogens is 1. The lowest BCUT2D eigenvalue weighted by atomic mass is 10.3. The molecule has 0 aromatic carbocycles. The third-order valence-electron chi connectivity index (χ3n) is 3.79. The summed E-state index contributed by atoms with van der Waals surface area (Å²) in [6.07, 6.45) is 3.33. The van der Waals surface area contributed by atoms with Crippen LogP contribution in [0.25, 0.3) is 0 Å². The van der Waals surface area contributed by atoms with E-state index in [1.165, 1.54) is 12.8 Å². The highest BCUT2D eigenvalue weighted by Gasteiger charge is 2.23. The SMILES string of the molecule is CNCc1c(S(=O)(=O)NCCCN2CCCC2)n[nH]c1C. The molecule has 0 aliphatic carbocycles. The van der Waals surface area contributed by atoms with Gasteiger partial charge in [-0.15, -0.1) is 0 Å². The maximum Gasteiger partial charge on any atom is 0.260 e. The summed E-state index contributed by atoms with van der Waals surface area (Å²) in [6.45, 7) is 5.98. The molecule has 120 valence electrons. The molecular formula is C13H25N5O2S. The standard InChI is InChI=1S/C13H25N5O2S/c1-11-12(10-14-2)13(17-16-11)21(19,20)15-6-5-9-18-7-3-4-8-18/h14-15H,3-10H2,1-2H3,(H,16,17). The van der Waals surface area contributed by atoms with Crippen molar-refractivity contribution in [2.75, 3.05) is 33.2 Å². The van der Waals surface area contributed by atoms with Crippen molar-refractivity contribution in [3.05, 3.63) is 11.3 Å². The minimum Gasteiger partial charge on any atom is -0.316 e. The molecule has 0 saturated carbocycles. The van der Waals surface area contributed by atoms with E-state index < -0.39 is 10.0 Å². The first-order valence-corrected chi connectivity index (χ1v) is 8.93. The molecule has 1 aliphatic heterocycles.